The molecule has 8 saturated heterocycles. The van der Waals surface area contributed by atoms with Crippen LogP contribution >= 0.6 is 11.6 Å². The van der Waals surface area contributed by atoms with Crippen LogP contribution in [-0.4, -0.2) is 196 Å². The lowest BCUT2D eigenvalue weighted by molar-refractivity contribution is 0.198. The molecule has 24 nitrogen and oxygen atoms in total. The van der Waals surface area contributed by atoms with E-state index in [2.05, 4.69) is 228 Å². The predicted molar refractivity (Wildman–Crippen MR) is 494 cm³/mol. The first-order valence-electron chi connectivity index (χ1n) is 46.3. The van der Waals surface area contributed by atoms with Crippen LogP contribution in [-0.2, 0) is 0 Å². The Labute approximate surface area is 739 Å². The minimum Gasteiger partial charge on any atom is -0.355 e. The Morgan fingerprint density at radius 3 is 1.08 bits per heavy atom. The van der Waals surface area contributed by atoms with Crippen LogP contribution < -0.4 is 46.2 Å². The number of aryl methyl sites for hydroxylation is 7. The van der Waals surface area contributed by atoms with Crippen molar-refractivity contribution in [3.05, 3.63) is 236 Å². The van der Waals surface area contributed by atoms with E-state index in [4.69, 9.17) is 36.5 Å². The molecular formula is C98H125ClF2N24. The van der Waals surface area contributed by atoms with Crippen molar-refractivity contribution < 1.29 is 8.78 Å². The van der Waals surface area contributed by atoms with Gasteiger partial charge in [-0.05, 0) is 267 Å². The molecule has 5 N–H and O–H groups in total. The topological polar surface area (TPSA) is 204 Å². The summed E-state index contributed by atoms with van der Waals surface area (Å²) in [6, 6.07) is 38.8. The summed E-state index contributed by atoms with van der Waals surface area (Å²) >= 11 is 6.95. The van der Waals surface area contributed by atoms with Gasteiger partial charge in [-0.1, -0.05) is 48.0 Å². The number of anilines is 4. The van der Waals surface area contributed by atoms with E-state index in [1.54, 1.807) is 12.1 Å². The summed E-state index contributed by atoms with van der Waals surface area (Å²) in [6.45, 7) is 29.6. The summed E-state index contributed by atoms with van der Waals surface area (Å²) in [5, 5.41) is 19.6. The van der Waals surface area contributed by atoms with E-state index in [1.165, 1.54) is 119 Å². The van der Waals surface area contributed by atoms with Crippen LogP contribution in [0.2, 0.25) is 5.15 Å². The Hall–Kier alpha value is -9.61. The molecule has 658 valence electrons. The highest BCUT2D eigenvalue weighted by Gasteiger charge is 2.50. The van der Waals surface area contributed by atoms with Crippen LogP contribution in [0.1, 0.15) is 236 Å². The Balaban J connectivity index is 0.000000109. The van der Waals surface area contributed by atoms with E-state index in [0.29, 0.717) is 28.3 Å². The fourth-order valence-electron chi connectivity index (χ4n) is 21.6. The lowest BCUT2D eigenvalue weighted by Gasteiger charge is -2.41. The quantitative estimate of drug-likeness (QED) is 0.0772. The number of rotatable bonds is 12. The molecule has 10 aliphatic rings. The van der Waals surface area contributed by atoms with E-state index < -0.39 is 0 Å². The number of piperazine rings is 4. The number of nitrogens with one attached hydrogen (secondary N) is 5. The second-order valence-corrected chi connectivity index (χ2v) is 37.9. The molecule has 2 spiro atoms. The summed E-state index contributed by atoms with van der Waals surface area (Å²) in [6.07, 6.45) is 24.7. The number of pyridine rings is 8. The predicted octanol–water partition coefficient (Wildman–Crippen LogP) is 16.0. The van der Waals surface area contributed by atoms with Gasteiger partial charge in [-0.3, -0.25) is 42.4 Å². The second kappa shape index (κ2) is 35.9. The Bertz CT molecular complexity index is 5680. The molecule has 20 heterocycles. The number of fused-ring (bicyclic) bond motifs is 4. The first kappa shape index (κ1) is 84.9. The van der Waals surface area contributed by atoms with Crippen LogP contribution in [0.15, 0.2) is 134 Å². The van der Waals surface area contributed by atoms with Crippen LogP contribution in [0, 0.1) is 60.1 Å². The summed E-state index contributed by atoms with van der Waals surface area (Å²) in [5.41, 5.74) is 21.4. The maximum absolute atomic E-state index is 13.5. The van der Waals surface area contributed by atoms with E-state index >= 15 is 0 Å². The van der Waals surface area contributed by atoms with Gasteiger partial charge >= 0.3 is 0 Å². The second-order valence-electron chi connectivity index (χ2n) is 37.6. The molecule has 12 aromatic rings. The van der Waals surface area contributed by atoms with E-state index in [1.807, 2.05) is 44.4 Å². The van der Waals surface area contributed by atoms with Crippen molar-refractivity contribution in [1.82, 2.24) is 98.8 Å². The van der Waals surface area contributed by atoms with Gasteiger partial charge in [0, 0.05) is 132 Å². The lowest BCUT2D eigenvalue weighted by atomic mass is 9.92. The molecule has 8 aliphatic heterocycles. The highest BCUT2D eigenvalue weighted by Crippen LogP contribution is 2.47. The number of likely N-dealkylation sites (N-methyl/N-ethyl adjacent to an activating group) is 3. The van der Waals surface area contributed by atoms with Crippen LogP contribution in [0.25, 0.3) is 22.6 Å². The number of hydrogen-bond acceptors (Lipinski definition) is 20. The molecule has 0 bridgehead atoms. The number of hydrogen-bond donors (Lipinski definition) is 5. The van der Waals surface area contributed by atoms with Gasteiger partial charge in [0.1, 0.15) is 62.6 Å². The van der Waals surface area contributed by atoms with Crippen LogP contribution in [0.4, 0.5) is 32.1 Å². The molecule has 22 rings (SSSR count). The molecular weight excluding hydrogens is 1590 g/mol. The van der Waals surface area contributed by atoms with Crippen molar-refractivity contribution in [3.63, 3.8) is 0 Å². The third-order valence-electron chi connectivity index (χ3n) is 29.1. The number of imidazole rings is 4. The van der Waals surface area contributed by atoms with Crippen molar-refractivity contribution in [3.8, 4) is 0 Å². The van der Waals surface area contributed by atoms with Crippen LogP contribution in [0.5, 0.6) is 0 Å². The van der Waals surface area contributed by atoms with Crippen molar-refractivity contribution >= 4 is 57.5 Å². The zero-order valence-electron chi connectivity index (χ0n) is 74.7. The molecule has 27 heteroatoms. The van der Waals surface area contributed by atoms with E-state index in [-0.39, 0.29) is 47.9 Å². The summed E-state index contributed by atoms with van der Waals surface area (Å²) in [4.78, 5) is 55.7. The summed E-state index contributed by atoms with van der Waals surface area (Å²) < 4.78 is 36.2. The van der Waals surface area contributed by atoms with Crippen molar-refractivity contribution in [2.45, 2.75) is 211 Å². The van der Waals surface area contributed by atoms with Gasteiger partial charge < -0.3 is 56.0 Å². The van der Waals surface area contributed by atoms with Gasteiger partial charge in [-0.25, -0.2) is 28.7 Å². The first-order chi connectivity index (χ1) is 60.7. The zero-order valence-corrected chi connectivity index (χ0v) is 75.4. The standard InChI is InChI=1S/C26H34N6.C25H32N6.C24H31FN6.C23H28ClFN6/c1-18-7-6-14-27-24(18)20-8-4-9-21(28-20)25-19(2)32-22(29-25)10-5-11-23(32)31-16-15-30(3)26(17-31)12-13-26;1-17-6-5-13-26-23(17)19-7-3-8-20(28-19)24-18(2)31-21(29-24)9-4-10-22(31)30-15-14-27-25(16-30)11-12-25;1-16-14-18(25)15-26-23(16)19-6-4-7-20(27-19)24-17(2)31-21(28-24)8-5-9-22(31)30-12-10-29(3)11-13-30;1-15-13-16(25)14-26-21(15)17-5-3-6-18(27-17)22-23(24)31-19(28-22)7-4-8-20(31)30-11-9-29(2)10-12-30/h5-7,10-11,14,20-21,28H,4,8-9,12-13,15-17H2,1-3H3;4-6,9-10,13,19-20,27-28H,3,7-8,11-12,14-16H2,1-2H3;5,8-9,14-15,19-20,27H,4,6-7,10-13H2,1-3H3;4,7-8,13-14,17-18,27H,3,5-6,9-12H2,1-2H3/t20-,21+;2*19-,20+;17-,18+/m0000/s1. The van der Waals surface area contributed by atoms with Gasteiger partial charge in [0.15, 0.2) is 0 Å². The molecule has 0 radical (unpaired) electrons. The molecule has 0 aromatic carbocycles. The molecule has 0 amide bonds. The highest BCUT2D eigenvalue weighted by molar-refractivity contribution is 6.30. The minimum absolute atomic E-state index is 0.0396. The Morgan fingerprint density at radius 2 is 0.696 bits per heavy atom. The van der Waals surface area contributed by atoms with Gasteiger partial charge in [-0.15, -0.1) is 0 Å². The fourth-order valence-corrected chi connectivity index (χ4v) is 22.0. The summed E-state index contributed by atoms with van der Waals surface area (Å²) in [7, 11) is 6.63. The van der Waals surface area contributed by atoms with E-state index in [0.717, 1.165) is 218 Å². The normalized spacial score (nSPS) is 24.2. The molecule has 10 fully saturated rings. The average Bonchev–Trinajstić information content (AvgIpc) is 1.59. The molecule has 125 heavy (non-hydrogen) atoms. The first-order valence-corrected chi connectivity index (χ1v) is 46.6. The van der Waals surface area contributed by atoms with Crippen molar-refractivity contribution in [2.24, 2.45) is 0 Å². The molecule has 2 aliphatic carbocycles. The number of halogens is 3. The zero-order chi connectivity index (χ0) is 85.9. The third-order valence-corrected chi connectivity index (χ3v) is 29.4. The fraction of sp³-hybridized carbons (Fsp3) is 0.510. The summed E-state index contributed by atoms with van der Waals surface area (Å²) in [5.74, 6) is 4.33. The minimum atomic E-state index is -0.298. The highest BCUT2D eigenvalue weighted by atomic mass is 35.5. The maximum Gasteiger partial charge on any atom is 0.141 e. The molecule has 0 unspecified atom stereocenters. The molecule has 8 atom stereocenters. The van der Waals surface area contributed by atoms with Crippen LogP contribution in [0.3, 0.4) is 0 Å². The Morgan fingerprint density at radius 1 is 0.352 bits per heavy atom. The van der Waals surface area contributed by atoms with Gasteiger partial charge in [0.25, 0.3) is 0 Å². The number of piperidine rings is 4. The molecule has 2 saturated carbocycles. The SMILES string of the molecule is Cc1cc(F)cnc1[C@@H]1CCC[C@H](c2nc3cccc(N4CCN(C)CC4)n3c2C)N1.Cc1cc(F)cnc1[C@@H]1CCC[C@H](c2nc3cccc(N4CCN(C)CC4)n3c2Cl)N1.Cc1cccnc1[C@@H]1CCC[C@H](c2nc3cccc(N4CCN(C)C5(CC5)C4)n3c2C)N1.Cc1cccnc1[C@@H]1CCC[C@H](c2nc3cccc(N4CCNC5(CC5)C4)n3c2C)N1. The molecule has 12 aromatic heterocycles. The third kappa shape index (κ3) is 17.4. The van der Waals surface area contributed by atoms with Gasteiger partial charge in [-0.2, -0.15) is 0 Å². The monoisotopic (exact) mass is 1710 g/mol. The maximum atomic E-state index is 13.5. The van der Waals surface area contributed by atoms with Crippen molar-refractivity contribution in [2.75, 3.05) is 132 Å². The Kier molecular flexibility index (Phi) is 24.4. The number of aromatic nitrogens is 12. The average molecular weight is 1710 g/mol. The van der Waals surface area contributed by atoms with Crippen molar-refractivity contribution in [1.29, 1.82) is 0 Å². The number of nitrogens with zero attached hydrogens (tertiary/aromatic N) is 19. The van der Waals surface area contributed by atoms with E-state index in [9.17, 15) is 8.78 Å². The largest absolute Gasteiger partial charge is 0.355 e. The van der Waals surface area contributed by atoms with Gasteiger partial charge in [0.05, 0.1) is 106 Å². The van der Waals surface area contributed by atoms with Gasteiger partial charge in [0.2, 0.25) is 0 Å². The smallest absolute Gasteiger partial charge is 0.141 e. The lowest BCUT2D eigenvalue weighted by Crippen LogP contribution is -2.53.